The summed E-state index contributed by atoms with van der Waals surface area (Å²) >= 11 is 0. The van der Waals surface area contributed by atoms with Gasteiger partial charge in [-0.05, 0) is 57.8 Å². The van der Waals surface area contributed by atoms with Gasteiger partial charge in [0, 0.05) is 6.42 Å². The van der Waals surface area contributed by atoms with Crippen LogP contribution in [0, 0.1) is 0 Å². The van der Waals surface area contributed by atoms with Gasteiger partial charge in [0.25, 0.3) is 7.82 Å². The Labute approximate surface area is 351 Å². The highest BCUT2D eigenvalue weighted by molar-refractivity contribution is 7.45. The largest absolute Gasteiger partial charge is 0.756 e. The minimum atomic E-state index is -4.59. The Bertz CT molecular complexity index is 1110. The average Bonchev–Trinajstić information content (AvgIpc) is 3.16. The first-order valence-corrected chi connectivity index (χ1v) is 24.6. The van der Waals surface area contributed by atoms with Crippen LogP contribution in [0.3, 0.4) is 0 Å². The molecule has 0 aromatic carbocycles. The number of amides is 1. The summed E-state index contributed by atoms with van der Waals surface area (Å²) in [7, 11) is 1.25. The number of hydrogen-bond donors (Lipinski definition) is 2. The smallest absolute Gasteiger partial charge is 0.268 e. The van der Waals surface area contributed by atoms with E-state index in [9.17, 15) is 19.4 Å². The van der Waals surface area contributed by atoms with Gasteiger partial charge in [-0.3, -0.25) is 9.36 Å². The summed E-state index contributed by atoms with van der Waals surface area (Å²) in [6.07, 6.45) is 51.3. The zero-order valence-corrected chi connectivity index (χ0v) is 38.4. The molecule has 0 aromatic heterocycles. The molecule has 0 aliphatic rings. The number of aliphatic hydroxyl groups is 1. The maximum Gasteiger partial charge on any atom is 0.268 e. The van der Waals surface area contributed by atoms with Crippen LogP contribution in [0.1, 0.15) is 187 Å². The summed E-state index contributed by atoms with van der Waals surface area (Å²) in [5.41, 5.74) is 0. The van der Waals surface area contributed by atoms with Crippen molar-refractivity contribution in [3.63, 3.8) is 0 Å². The molecule has 0 heterocycles. The van der Waals surface area contributed by atoms with Gasteiger partial charge in [-0.15, -0.1) is 0 Å². The number of unbranched alkanes of at least 4 members (excludes halogenated alkanes) is 20. The topological polar surface area (TPSA) is 108 Å². The molecule has 0 saturated carbocycles. The lowest BCUT2D eigenvalue weighted by molar-refractivity contribution is -0.870. The normalized spacial score (nSPS) is 14.9. The number of nitrogens with zero attached hydrogens (tertiary/aromatic N) is 1. The lowest BCUT2D eigenvalue weighted by Crippen LogP contribution is -2.45. The van der Waals surface area contributed by atoms with E-state index in [2.05, 4.69) is 67.8 Å². The van der Waals surface area contributed by atoms with Gasteiger partial charge in [0.1, 0.15) is 13.2 Å². The third-order valence-electron chi connectivity index (χ3n) is 9.98. The van der Waals surface area contributed by atoms with Crippen LogP contribution in [0.5, 0.6) is 0 Å². The average molecular weight is 821 g/mol. The third kappa shape index (κ3) is 42.1. The molecule has 57 heavy (non-hydrogen) atoms. The SMILES string of the molecule is CC/C=C\C/C=C\C/C=C\C/C=C\CCCCCCCCCCCCCCC(=O)NC(COP(=O)([O-])OCC[N+](C)(C)C)C(O)/C=C/CCCCCCCCCC. The third-order valence-corrected chi connectivity index (χ3v) is 10.9. The zero-order chi connectivity index (χ0) is 42.1. The molecule has 0 rings (SSSR count). The Morgan fingerprint density at radius 2 is 1.07 bits per heavy atom. The fourth-order valence-electron chi connectivity index (χ4n) is 6.32. The van der Waals surface area contributed by atoms with E-state index in [4.69, 9.17) is 9.05 Å². The molecular weight excluding hydrogens is 732 g/mol. The number of quaternary nitrogens is 1. The molecule has 332 valence electrons. The van der Waals surface area contributed by atoms with Gasteiger partial charge in [0.15, 0.2) is 0 Å². The quantitative estimate of drug-likeness (QED) is 0.0275. The first-order chi connectivity index (χ1) is 27.5. The van der Waals surface area contributed by atoms with Crippen molar-refractivity contribution in [3.05, 3.63) is 60.8 Å². The molecule has 8 nitrogen and oxygen atoms in total. The molecule has 0 aromatic rings. The van der Waals surface area contributed by atoms with Gasteiger partial charge in [-0.2, -0.15) is 0 Å². The van der Waals surface area contributed by atoms with E-state index in [-0.39, 0.29) is 19.1 Å². The van der Waals surface area contributed by atoms with Crippen LogP contribution < -0.4 is 10.2 Å². The van der Waals surface area contributed by atoms with Crippen molar-refractivity contribution in [2.45, 2.75) is 199 Å². The monoisotopic (exact) mass is 821 g/mol. The van der Waals surface area contributed by atoms with Crippen LogP contribution in [0.2, 0.25) is 0 Å². The van der Waals surface area contributed by atoms with E-state index in [0.717, 1.165) is 64.2 Å². The molecular formula is C48H89N2O6P. The number of hydrogen-bond acceptors (Lipinski definition) is 6. The molecule has 0 spiro atoms. The number of aliphatic hydroxyl groups excluding tert-OH is 1. The number of carbonyl (C=O) groups is 1. The minimum absolute atomic E-state index is 0.00340. The van der Waals surface area contributed by atoms with Crippen molar-refractivity contribution in [2.75, 3.05) is 40.9 Å². The number of allylic oxidation sites excluding steroid dienone is 9. The minimum Gasteiger partial charge on any atom is -0.756 e. The van der Waals surface area contributed by atoms with Crippen LogP contribution in [-0.2, 0) is 18.4 Å². The molecule has 0 aliphatic carbocycles. The number of phosphoric ester groups is 1. The second-order valence-corrected chi connectivity index (χ2v) is 18.1. The number of phosphoric acid groups is 1. The van der Waals surface area contributed by atoms with E-state index in [1.54, 1.807) is 6.08 Å². The summed E-state index contributed by atoms with van der Waals surface area (Å²) < 4.78 is 23.2. The zero-order valence-electron chi connectivity index (χ0n) is 37.5. The molecule has 0 saturated heterocycles. The summed E-state index contributed by atoms with van der Waals surface area (Å²) in [5, 5.41) is 13.7. The van der Waals surface area contributed by atoms with Crippen LogP contribution in [0.15, 0.2) is 60.8 Å². The highest BCUT2D eigenvalue weighted by Gasteiger charge is 2.23. The number of carbonyl (C=O) groups excluding carboxylic acids is 1. The molecule has 3 atom stereocenters. The van der Waals surface area contributed by atoms with Gasteiger partial charge in [0.05, 0.1) is 39.9 Å². The van der Waals surface area contributed by atoms with Crippen molar-refractivity contribution in [1.82, 2.24) is 5.32 Å². The Morgan fingerprint density at radius 1 is 0.632 bits per heavy atom. The first-order valence-electron chi connectivity index (χ1n) is 23.2. The fraction of sp³-hybridized carbons (Fsp3) is 0.771. The van der Waals surface area contributed by atoms with Crippen molar-refractivity contribution in [2.24, 2.45) is 0 Å². The molecule has 0 bridgehead atoms. The van der Waals surface area contributed by atoms with E-state index in [0.29, 0.717) is 17.4 Å². The van der Waals surface area contributed by atoms with Gasteiger partial charge >= 0.3 is 0 Å². The van der Waals surface area contributed by atoms with Crippen molar-refractivity contribution in [1.29, 1.82) is 0 Å². The molecule has 0 aliphatic heterocycles. The Balaban J connectivity index is 4.21. The molecule has 0 radical (unpaired) electrons. The van der Waals surface area contributed by atoms with E-state index in [1.165, 1.54) is 103 Å². The summed E-state index contributed by atoms with van der Waals surface area (Å²) in [5.74, 6) is -0.204. The second kappa shape index (κ2) is 39.6. The van der Waals surface area contributed by atoms with E-state index < -0.39 is 20.0 Å². The number of nitrogens with one attached hydrogen (secondary N) is 1. The van der Waals surface area contributed by atoms with Gasteiger partial charge in [0.2, 0.25) is 5.91 Å². The second-order valence-electron chi connectivity index (χ2n) is 16.7. The lowest BCUT2D eigenvalue weighted by atomic mass is 10.0. The summed E-state index contributed by atoms with van der Waals surface area (Å²) in [6, 6.07) is -0.887. The molecule has 1 amide bonds. The Kier molecular flexibility index (Phi) is 38.4. The Hall–Kier alpha value is -1.80. The van der Waals surface area contributed by atoms with Crippen LogP contribution in [-0.4, -0.2) is 68.5 Å². The first kappa shape index (κ1) is 55.2. The summed E-state index contributed by atoms with van der Waals surface area (Å²) in [4.78, 5) is 25.3. The molecule has 0 fully saturated rings. The van der Waals surface area contributed by atoms with Crippen LogP contribution in [0.25, 0.3) is 0 Å². The fourth-order valence-corrected chi connectivity index (χ4v) is 7.04. The highest BCUT2D eigenvalue weighted by Crippen LogP contribution is 2.38. The van der Waals surface area contributed by atoms with Crippen molar-refractivity contribution in [3.8, 4) is 0 Å². The molecule has 2 N–H and O–H groups in total. The van der Waals surface area contributed by atoms with Gasteiger partial charge < -0.3 is 28.8 Å². The predicted molar refractivity (Wildman–Crippen MR) is 242 cm³/mol. The number of likely N-dealkylation sites (N-methyl/N-ethyl adjacent to an activating group) is 1. The van der Waals surface area contributed by atoms with Crippen LogP contribution in [0.4, 0.5) is 0 Å². The van der Waals surface area contributed by atoms with E-state index in [1.807, 2.05) is 27.2 Å². The summed E-state index contributed by atoms with van der Waals surface area (Å²) in [6.45, 7) is 4.50. The standard InChI is InChI=1S/C48H89N2O6P/c1-6-8-10-12-14-16-18-19-20-21-22-23-24-25-26-27-28-29-30-31-32-34-36-38-40-42-48(52)49-46(45-56-57(53,54)55-44-43-50(3,4)5)47(51)41-39-37-35-33-17-15-13-11-9-7-2/h8,10,14,16,19-20,22-23,39,41,46-47,51H,6-7,9,11-13,15,17-18,21,24-38,40,42-45H2,1-5H3,(H-,49,52,53,54)/b10-8-,16-14-,20-19-,23-22-,41-39+. The van der Waals surface area contributed by atoms with Crippen LogP contribution >= 0.6 is 7.82 Å². The maximum absolute atomic E-state index is 12.8. The Morgan fingerprint density at radius 3 is 1.56 bits per heavy atom. The van der Waals surface area contributed by atoms with Crippen molar-refractivity contribution >= 4 is 13.7 Å². The van der Waals surface area contributed by atoms with Gasteiger partial charge in [-0.25, -0.2) is 0 Å². The van der Waals surface area contributed by atoms with Crippen molar-refractivity contribution < 1.29 is 32.9 Å². The van der Waals surface area contributed by atoms with E-state index >= 15 is 0 Å². The predicted octanol–water partition coefficient (Wildman–Crippen LogP) is 12.4. The number of rotatable bonds is 41. The highest BCUT2D eigenvalue weighted by atomic mass is 31.2. The molecule has 3 unspecified atom stereocenters. The molecule has 9 heteroatoms. The maximum atomic E-state index is 12.8. The lowest BCUT2D eigenvalue weighted by Gasteiger charge is -2.29. The van der Waals surface area contributed by atoms with Gasteiger partial charge in [-0.1, -0.05) is 184 Å².